The van der Waals surface area contributed by atoms with Gasteiger partial charge in [-0.3, -0.25) is 10.1 Å². The molecule has 3 aromatic rings. The van der Waals surface area contributed by atoms with Crippen molar-refractivity contribution in [3.63, 3.8) is 0 Å². The molecule has 0 bridgehead atoms. The number of hydrogen-bond donors (Lipinski definition) is 2. The Labute approximate surface area is 120 Å². The predicted octanol–water partition coefficient (Wildman–Crippen LogP) is 1.05. The monoisotopic (exact) mass is 286 g/mol. The van der Waals surface area contributed by atoms with Gasteiger partial charge in [0.1, 0.15) is 0 Å². The number of tetrazole rings is 1. The second-order valence-corrected chi connectivity index (χ2v) is 4.47. The number of anilines is 1. The molecule has 0 aliphatic heterocycles. The smallest absolute Gasteiger partial charge is 0.270 e. The van der Waals surface area contributed by atoms with Gasteiger partial charge in [0.15, 0.2) is 0 Å². The van der Waals surface area contributed by atoms with Crippen molar-refractivity contribution in [1.29, 1.82) is 0 Å². The molecule has 2 N–H and O–H groups in total. The maximum atomic E-state index is 12.1. The minimum absolute atomic E-state index is 0.148. The number of aromatic nitrogens is 5. The molecular formula is C13H14N6O2. The highest BCUT2D eigenvalue weighted by Crippen LogP contribution is 2.18. The third-order valence-electron chi connectivity index (χ3n) is 3.14. The molecule has 0 atom stereocenters. The SMILES string of the molecule is COCCn1ccc2ccc(C(=O)Nc3nn[nH]n3)cc21. The predicted molar refractivity (Wildman–Crippen MR) is 75.9 cm³/mol. The summed E-state index contributed by atoms with van der Waals surface area (Å²) in [6.07, 6.45) is 1.98. The largest absolute Gasteiger partial charge is 0.383 e. The van der Waals surface area contributed by atoms with Crippen LogP contribution >= 0.6 is 0 Å². The van der Waals surface area contributed by atoms with Gasteiger partial charge in [-0.1, -0.05) is 11.2 Å². The van der Waals surface area contributed by atoms with Crippen molar-refractivity contribution in [3.8, 4) is 0 Å². The summed E-state index contributed by atoms with van der Waals surface area (Å²) in [6.45, 7) is 1.35. The van der Waals surface area contributed by atoms with Gasteiger partial charge in [-0.05, 0) is 28.8 Å². The zero-order chi connectivity index (χ0) is 14.7. The van der Waals surface area contributed by atoms with Crippen LogP contribution in [-0.2, 0) is 11.3 Å². The molecule has 21 heavy (non-hydrogen) atoms. The van der Waals surface area contributed by atoms with Crippen molar-refractivity contribution in [2.45, 2.75) is 6.54 Å². The number of nitrogens with one attached hydrogen (secondary N) is 2. The number of nitrogens with zero attached hydrogens (tertiary/aromatic N) is 4. The van der Waals surface area contributed by atoms with Gasteiger partial charge in [0.05, 0.1) is 6.61 Å². The van der Waals surface area contributed by atoms with Gasteiger partial charge in [0.2, 0.25) is 0 Å². The topological polar surface area (TPSA) is 97.7 Å². The Hall–Kier alpha value is -2.74. The van der Waals surface area contributed by atoms with E-state index < -0.39 is 0 Å². The van der Waals surface area contributed by atoms with Crippen molar-refractivity contribution in [2.75, 3.05) is 19.0 Å². The fraction of sp³-hybridized carbons (Fsp3) is 0.231. The lowest BCUT2D eigenvalue weighted by atomic mass is 10.1. The van der Waals surface area contributed by atoms with E-state index in [1.54, 1.807) is 13.2 Å². The van der Waals surface area contributed by atoms with E-state index in [2.05, 4.69) is 25.9 Å². The summed E-state index contributed by atoms with van der Waals surface area (Å²) in [6, 6.07) is 7.51. The number of H-pyrrole nitrogens is 1. The lowest BCUT2D eigenvalue weighted by molar-refractivity contribution is 0.102. The third-order valence-corrected chi connectivity index (χ3v) is 3.14. The Morgan fingerprint density at radius 2 is 2.33 bits per heavy atom. The number of ether oxygens (including phenoxy) is 1. The van der Waals surface area contributed by atoms with Crippen molar-refractivity contribution in [1.82, 2.24) is 25.2 Å². The molecule has 0 spiro atoms. The lowest BCUT2D eigenvalue weighted by Gasteiger charge is -2.06. The van der Waals surface area contributed by atoms with E-state index in [-0.39, 0.29) is 11.9 Å². The van der Waals surface area contributed by atoms with Gasteiger partial charge in [-0.25, -0.2) is 0 Å². The van der Waals surface area contributed by atoms with E-state index in [9.17, 15) is 4.79 Å². The summed E-state index contributed by atoms with van der Waals surface area (Å²) in [4.78, 5) is 12.1. The average molecular weight is 286 g/mol. The van der Waals surface area contributed by atoms with Crippen molar-refractivity contribution in [2.24, 2.45) is 0 Å². The van der Waals surface area contributed by atoms with E-state index in [1.165, 1.54) is 0 Å². The molecule has 2 heterocycles. The Balaban J connectivity index is 1.87. The zero-order valence-corrected chi connectivity index (χ0v) is 11.4. The maximum absolute atomic E-state index is 12.1. The number of carbonyl (C=O) groups excluding carboxylic acids is 1. The van der Waals surface area contributed by atoms with E-state index in [0.717, 1.165) is 17.4 Å². The first-order valence-electron chi connectivity index (χ1n) is 6.40. The first kappa shape index (κ1) is 13.3. The third kappa shape index (κ3) is 2.75. The summed E-state index contributed by atoms with van der Waals surface area (Å²) in [5.41, 5.74) is 1.51. The maximum Gasteiger partial charge on any atom is 0.270 e. The summed E-state index contributed by atoms with van der Waals surface area (Å²) in [5.74, 6) is -0.132. The van der Waals surface area contributed by atoms with E-state index in [0.29, 0.717) is 12.2 Å². The zero-order valence-electron chi connectivity index (χ0n) is 11.4. The summed E-state index contributed by atoms with van der Waals surface area (Å²) < 4.78 is 7.13. The molecule has 0 saturated heterocycles. The molecule has 0 saturated carbocycles. The van der Waals surface area contributed by atoms with E-state index in [4.69, 9.17) is 4.74 Å². The first-order valence-corrected chi connectivity index (χ1v) is 6.40. The Morgan fingerprint density at radius 1 is 1.43 bits per heavy atom. The van der Waals surface area contributed by atoms with Crippen LogP contribution in [0.2, 0.25) is 0 Å². The molecule has 2 aromatic heterocycles. The minimum atomic E-state index is -0.280. The molecule has 8 nitrogen and oxygen atoms in total. The quantitative estimate of drug-likeness (QED) is 0.730. The van der Waals surface area contributed by atoms with Gasteiger partial charge in [-0.2, -0.15) is 5.21 Å². The number of methoxy groups -OCH3 is 1. The minimum Gasteiger partial charge on any atom is -0.383 e. The molecule has 0 aliphatic rings. The van der Waals surface area contributed by atoms with Crippen LogP contribution in [0, 0.1) is 0 Å². The van der Waals surface area contributed by atoms with Crippen LogP contribution in [-0.4, -0.2) is 44.8 Å². The molecule has 0 unspecified atom stereocenters. The van der Waals surface area contributed by atoms with Crippen LogP contribution in [0.5, 0.6) is 0 Å². The second kappa shape index (κ2) is 5.71. The number of hydrogen-bond acceptors (Lipinski definition) is 5. The lowest BCUT2D eigenvalue weighted by Crippen LogP contribution is -2.13. The number of benzene rings is 1. The van der Waals surface area contributed by atoms with Crippen molar-refractivity contribution in [3.05, 3.63) is 36.0 Å². The van der Waals surface area contributed by atoms with Crippen LogP contribution in [0.1, 0.15) is 10.4 Å². The number of carbonyl (C=O) groups is 1. The summed E-state index contributed by atoms with van der Waals surface area (Å²) in [7, 11) is 1.66. The van der Waals surface area contributed by atoms with Gasteiger partial charge in [0.25, 0.3) is 11.9 Å². The molecule has 1 amide bonds. The number of fused-ring (bicyclic) bond motifs is 1. The van der Waals surface area contributed by atoms with Crippen LogP contribution in [0.25, 0.3) is 10.9 Å². The molecule has 8 heteroatoms. The Morgan fingerprint density at radius 3 is 3.10 bits per heavy atom. The van der Waals surface area contributed by atoms with Gasteiger partial charge in [0, 0.05) is 30.9 Å². The molecule has 108 valence electrons. The summed E-state index contributed by atoms with van der Waals surface area (Å²) in [5, 5.41) is 16.7. The van der Waals surface area contributed by atoms with Gasteiger partial charge >= 0.3 is 0 Å². The molecule has 0 aliphatic carbocycles. The molecule has 1 aromatic carbocycles. The molecular weight excluding hydrogens is 272 g/mol. The van der Waals surface area contributed by atoms with Gasteiger partial charge in [-0.15, -0.1) is 5.10 Å². The number of amides is 1. The fourth-order valence-electron chi connectivity index (χ4n) is 2.10. The summed E-state index contributed by atoms with van der Waals surface area (Å²) >= 11 is 0. The van der Waals surface area contributed by atoms with E-state index >= 15 is 0 Å². The molecule has 0 radical (unpaired) electrons. The van der Waals surface area contributed by atoms with E-state index in [1.807, 2.05) is 29.0 Å². The average Bonchev–Trinajstić information content (AvgIpc) is 3.14. The fourth-order valence-corrected chi connectivity index (χ4v) is 2.10. The van der Waals surface area contributed by atoms with Crippen molar-refractivity contribution >= 4 is 22.8 Å². The number of aromatic amines is 1. The van der Waals surface area contributed by atoms with Crippen LogP contribution in [0.3, 0.4) is 0 Å². The molecule has 3 rings (SSSR count). The molecule has 0 fully saturated rings. The van der Waals surface area contributed by atoms with Crippen LogP contribution in [0.15, 0.2) is 30.5 Å². The highest BCUT2D eigenvalue weighted by Gasteiger charge is 2.10. The highest BCUT2D eigenvalue weighted by atomic mass is 16.5. The van der Waals surface area contributed by atoms with Crippen LogP contribution in [0.4, 0.5) is 5.95 Å². The Kier molecular flexibility index (Phi) is 3.61. The van der Waals surface area contributed by atoms with Gasteiger partial charge < -0.3 is 9.30 Å². The normalized spacial score (nSPS) is 10.9. The first-order chi connectivity index (χ1) is 10.3. The van der Waals surface area contributed by atoms with Crippen LogP contribution < -0.4 is 5.32 Å². The Bertz CT molecular complexity index is 749. The highest BCUT2D eigenvalue weighted by molar-refractivity contribution is 6.05. The van der Waals surface area contributed by atoms with Crippen molar-refractivity contribution < 1.29 is 9.53 Å². The second-order valence-electron chi connectivity index (χ2n) is 4.47. The standard InChI is InChI=1S/C13H14N6O2/c1-21-7-6-19-5-4-9-2-3-10(8-11(9)19)12(20)14-13-15-17-18-16-13/h2-5,8H,6-7H2,1H3,(H2,14,15,16,17,18,20). The number of rotatable bonds is 5.